The Balaban J connectivity index is 1.60. The van der Waals surface area contributed by atoms with Crippen molar-refractivity contribution in [3.05, 3.63) is 84.0 Å². The zero-order valence-electron chi connectivity index (χ0n) is 15.6. The van der Waals surface area contributed by atoms with Gasteiger partial charge in [0.2, 0.25) is 0 Å². The average Bonchev–Trinajstić information content (AvgIpc) is 2.96. The van der Waals surface area contributed by atoms with E-state index < -0.39 is 0 Å². The van der Waals surface area contributed by atoms with Crippen molar-refractivity contribution in [3.63, 3.8) is 0 Å². The van der Waals surface area contributed by atoms with Crippen molar-refractivity contribution in [1.29, 1.82) is 0 Å². The van der Waals surface area contributed by atoms with Crippen LogP contribution in [0.2, 0.25) is 0 Å². The van der Waals surface area contributed by atoms with Gasteiger partial charge in [-0.15, -0.1) is 0 Å². The summed E-state index contributed by atoms with van der Waals surface area (Å²) < 4.78 is 0. The third kappa shape index (κ3) is 2.54. The van der Waals surface area contributed by atoms with Gasteiger partial charge in [-0.1, -0.05) is 68.5 Å². The zero-order valence-corrected chi connectivity index (χ0v) is 15.6. The van der Waals surface area contributed by atoms with Gasteiger partial charge in [0.25, 0.3) is 0 Å². The Labute approximate surface area is 159 Å². The summed E-state index contributed by atoms with van der Waals surface area (Å²) in [4.78, 5) is 13.6. The monoisotopic (exact) mass is 351 g/mol. The van der Waals surface area contributed by atoms with E-state index in [1.54, 1.807) is 6.33 Å². The molecule has 0 spiro atoms. The van der Waals surface area contributed by atoms with Crippen LogP contribution in [-0.4, -0.2) is 15.0 Å². The second kappa shape index (κ2) is 5.98. The van der Waals surface area contributed by atoms with Gasteiger partial charge in [0.05, 0.1) is 0 Å². The van der Waals surface area contributed by atoms with E-state index in [4.69, 9.17) is 4.98 Å². The third-order valence-electron chi connectivity index (χ3n) is 5.71. The van der Waals surface area contributed by atoms with Crippen molar-refractivity contribution in [2.45, 2.75) is 32.1 Å². The summed E-state index contributed by atoms with van der Waals surface area (Å²) in [5.74, 6) is 1.53. The summed E-state index contributed by atoms with van der Waals surface area (Å²) >= 11 is 0. The van der Waals surface area contributed by atoms with Crippen LogP contribution >= 0.6 is 0 Å². The average molecular weight is 351 g/mol. The molecule has 1 aromatic heterocycles. The molecule has 0 atom stereocenters. The molecule has 0 amide bonds. The van der Waals surface area contributed by atoms with Crippen molar-refractivity contribution in [2.24, 2.45) is 0 Å². The van der Waals surface area contributed by atoms with E-state index in [0.29, 0.717) is 0 Å². The van der Waals surface area contributed by atoms with Crippen molar-refractivity contribution in [1.82, 2.24) is 15.0 Å². The van der Waals surface area contributed by atoms with Crippen LogP contribution in [0, 0.1) is 0 Å². The molecule has 0 N–H and O–H groups in total. The van der Waals surface area contributed by atoms with Gasteiger partial charge in [-0.2, -0.15) is 0 Å². The summed E-state index contributed by atoms with van der Waals surface area (Å²) in [6.07, 6.45) is 10.0. The highest BCUT2D eigenvalue weighted by molar-refractivity contribution is 5.82. The molecule has 1 heterocycles. The number of rotatable bonds is 2. The molecule has 0 aliphatic heterocycles. The molecule has 132 valence electrons. The first-order valence-corrected chi connectivity index (χ1v) is 9.44. The van der Waals surface area contributed by atoms with Gasteiger partial charge >= 0.3 is 0 Å². The number of allylic oxidation sites excluding steroid dienone is 4. The standard InChI is InChI=1S/C24H21N3/c1-24(2)20-11-7-6-10-18(20)19-13-12-17(14-21(19)24)23-26-15-25-22(27-23)16-8-4-3-5-9-16/h3-4,6-8,10-15H,5,9H2,1-2H3. The molecule has 27 heavy (non-hydrogen) atoms. The molecule has 2 aliphatic rings. The number of nitrogens with zero attached hydrogens (tertiary/aromatic N) is 3. The Bertz CT molecular complexity index is 1110. The highest BCUT2D eigenvalue weighted by atomic mass is 15.0. The Kier molecular flexibility index (Phi) is 3.57. The second-order valence-corrected chi connectivity index (χ2v) is 7.72. The van der Waals surface area contributed by atoms with Crippen LogP contribution in [0.4, 0.5) is 0 Å². The quantitative estimate of drug-likeness (QED) is 0.605. The van der Waals surface area contributed by atoms with Crippen LogP contribution in [0.25, 0.3) is 28.1 Å². The first-order chi connectivity index (χ1) is 13.1. The van der Waals surface area contributed by atoms with Crippen molar-refractivity contribution < 1.29 is 0 Å². The van der Waals surface area contributed by atoms with Crippen molar-refractivity contribution >= 4 is 5.57 Å². The Morgan fingerprint density at radius 3 is 2.56 bits per heavy atom. The predicted molar refractivity (Wildman–Crippen MR) is 109 cm³/mol. The summed E-state index contributed by atoms with van der Waals surface area (Å²) in [7, 11) is 0. The van der Waals surface area contributed by atoms with Crippen LogP contribution < -0.4 is 0 Å². The summed E-state index contributed by atoms with van der Waals surface area (Å²) in [6, 6.07) is 15.3. The molecule has 0 fully saturated rings. The van der Waals surface area contributed by atoms with Gasteiger partial charge in [-0.25, -0.2) is 15.0 Å². The molecule has 0 radical (unpaired) electrons. The fourth-order valence-corrected chi connectivity index (χ4v) is 4.22. The number of aromatic nitrogens is 3. The van der Waals surface area contributed by atoms with Crippen LogP contribution in [0.1, 0.15) is 43.6 Å². The molecule has 0 unspecified atom stereocenters. The van der Waals surface area contributed by atoms with E-state index in [1.807, 2.05) is 0 Å². The molecule has 5 rings (SSSR count). The molecule has 3 aromatic rings. The lowest BCUT2D eigenvalue weighted by atomic mass is 9.82. The van der Waals surface area contributed by atoms with Crippen LogP contribution in [-0.2, 0) is 5.41 Å². The molecule has 3 nitrogen and oxygen atoms in total. The van der Waals surface area contributed by atoms with E-state index in [2.05, 4.69) is 84.5 Å². The van der Waals surface area contributed by atoms with E-state index >= 15 is 0 Å². The Morgan fingerprint density at radius 2 is 1.70 bits per heavy atom. The zero-order chi connectivity index (χ0) is 18.4. The molecular formula is C24H21N3. The molecular weight excluding hydrogens is 330 g/mol. The van der Waals surface area contributed by atoms with Gasteiger partial charge in [-0.3, -0.25) is 0 Å². The molecule has 2 aromatic carbocycles. The predicted octanol–water partition coefficient (Wildman–Crippen LogP) is 5.58. The summed E-state index contributed by atoms with van der Waals surface area (Å²) in [5.41, 5.74) is 7.57. The lowest BCUT2D eigenvalue weighted by molar-refractivity contribution is 0.660. The largest absolute Gasteiger partial charge is 0.217 e. The van der Waals surface area contributed by atoms with Crippen LogP contribution in [0.3, 0.4) is 0 Å². The van der Waals surface area contributed by atoms with Gasteiger partial charge in [0.15, 0.2) is 11.6 Å². The normalized spacial score (nSPS) is 16.6. The highest BCUT2D eigenvalue weighted by Gasteiger charge is 2.35. The Morgan fingerprint density at radius 1 is 0.889 bits per heavy atom. The number of hydrogen-bond acceptors (Lipinski definition) is 3. The second-order valence-electron chi connectivity index (χ2n) is 7.72. The van der Waals surface area contributed by atoms with E-state index in [9.17, 15) is 0 Å². The van der Waals surface area contributed by atoms with Crippen LogP contribution in [0.15, 0.2) is 67.0 Å². The van der Waals surface area contributed by atoms with Gasteiger partial charge in [0.1, 0.15) is 6.33 Å². The minimum absolute atomic E-state index is 0.0194. The minimum Gasteiger partial charge on any atom is -0.217 e. The highest BCUT2D eigenvalue weighted by Crippen LogP contribution is 2.49. The Hall–Kier alpha value is -3.07. The maximum Gasteiger partial charge on any atom is 0.163 e. The number of benzene rings is 2. The number of hydrogen-bond donors (Lipinski definition) is 0. The molecule has 0 bridgehead atoms. The maximum atomic E-state index is 4.76. The smallest absolute Gasteiger partial charge is 0.163 e. The number of fused-ring (bicyclic) bond motifs is 3. The molecule has 2 aliphatic carbocycles. The third-order valence-corrected chi connectivity index (χ3v) is 5.71. The first-order valence-electron chi connectivity index (χ1n) is 9.44. The van der Waals surface area contributed by atoms with E-state index in [1.165, 1.54) is 27.8 Å². The lowest BCUT2D eigenvalue weighted by Gasteiger charge is -2.21. The van der Waals surface area contributed by atoms with E-state index in [0.717, 1.165) is 30.1 Å². The molecule has 0 saturated heterocycles. The summed E-state index contributed by atoms with van der Waals surface area (Å²) in [5, 5.41) is 0. The van der Waals surface area contributed by atoms with Gasteiger partial charge in [0, 0.05) is 11.0 Å². The van der Waals surface area contributed by atoms with Gasteiger partial charge < -0.3 is 0 Å². The van der Waals surface area contributed by atoms with Crippen molar-refractivity contribution in [2.75, 3.05) is 0 Å². The fourth-order valence-electron chi connectivity index (χ4n) is 4.22. The lowest BCUT2D eigenvalue weighted by Crippen LogP contribution is -2.15. The SMILES string of the molecule is CC1(C)c2ccccc2-c2ccc(-c3ncnc(C4=CC=CCC4)n3)cc21. The molecule has 0 saturated carbocycles. The first kappa shape index (κ1) is 16.1. The maximum absolute atomic E-state index is 4.76. The van der Waals surface area contributed by atoms with Gasteiger partial charge in [-0.05, 0) is 46.7 Å². The van der Waals surface area contributed by atoms with Crippen LogP contribution in [0.5, 0.6) is 0 Å². The topological polar surface area (TPSA) is 38.7 Å². The fraction of sp³-hybridized carbons (Fsp3) is 0.208. The van der Waals surface area contributed by atoms with E-state index in [-0.39, 0.29) is 5.41 Å². The minimum atomic E-state index is -0.0194. The molecule has 3 heteroatoms. The van der Waals surface area contributed by atoms with Crippen molar-refractivity contribution in [3.8, 4) is 22.5 Å². The summed E-state index contributed by atoms with van der Waals surface area (Å²) in [6.45, 7) is 4.58.